The maximum absolute atomic E-state index is 8.81. The second-order valence-electron chi connectivity index (χ2n) is 3.30. The molecule has 3 N–H and O–H groups in total. The topological polar surface area (TPSA) is 74.7 Å². The van der Waals surface area contributed by atoms with Crippen LogP contribution in [0, 0.1) is 11.3 Å². The van der Waals surface area contributed by atoms with Gasteiger partial charge in [-0.05, 0) is 26.0 Å². The minimum atomic E-state index is 0.0172. The van der Waals surface area contributed by atoms with Crippen molar-refractivity contribution < 1.29 is 0 Å². The van der Waals surface area contributed by atoms with Gasteiger partial charge in [0.2, 0.25) is 0 Å². The Morgan fingerprint density at radius 1 is 1.57 bits per heavy atom. The van der Waals surface area contributed by atoms with E-state index in [1.165, 1.54) is 0 Å². The highest BCUT2D eigenvalue weighted by atomic mass is 15.0. The van der Waals surface area contributed by atoms with E-state index in [1.54, 1.807) is 18.3 Å². The minimum absolute atomic E-state index is 0.0172. The lowest BCUT2D eigenvalue weighted by molar-refractivity contribution is 0.636. The van der Waals surface area contributed by atoms with Gasteiger partial charge in [-0.15, -0.1) is 0 Å². The van der Waals surface area contributed by atoms with Crippen LogP contribution in [0.2, 0.25) is 0 Å². The number of nitrogens with zero attached hydrogens (tertiary/aromatic N) is 2. The maximum Gasteiger partial charge on any atom is 0.144 e. The second-order valence-corrected chi connectivity index (χ2v) is 3.30. The molecule has 0 fully saturated rings. The highest BCUT2D eigenvalue weighted by molar-refractivity contribution is 5.51. The normalized spacial score (nSPS) is 14.1. The fourth-order valence-corrected chi connectivity index (χ4v) is 0.958. The van der Waals surface area contributed by atoms with Crippen LogP contribution in [0.5, 0.6) is 0 Å². The standard InChI is InChI=1S/C10H14N4/c1-7(12)8(2)14-10-9(6-11)4-3-5-13-10/h3-5,7-8H,12H2,1-2H3,(H,13,14). The highest BCUT2D eigenvalue weighted by Gasteiger charge is 2.09. The highest BCUT2D eigenvalue weighted by Crippen LogP contribution is 2.11. The van der Waals surface area contributed by atoms with Crippen LogP contribution in [-0.2, 0) is 0 Å². The van der Waals surface area contributed by atoms with Crippen LogP contribution in [0.4, 0.5) is 5.82 Å². The predicted molar refractivity (Wildman–Crippen MR) is 55.7 cm³/mol. The smallest absolute Gasteiger partial charge is 0.144 e. The molecule has 2 atom stereocenters. The first-order valence-electron chi connectivity index (χ1n) is 4.52. The summed E-state index contributed by atoms with van der Waals surface area (Å²) in [6.07, 6.45) is 1.65. The van der Waals surface area contributed by atoms with Crippen molar-refractivity contribution in [1.29, 1.82) is 5.26 Å². The van der Waals surface area contributed by atoms with Gasteiger partial charge in [-0.25, -0.2) is 4.98 Å². The van der Waals surface area contributed by atoms with Crippen molar-refractivity contribution in [1.82, 2.24) is 4.98 Å². The van der Waals surface area contributed by atoms with E-state index in [4.69, 9.17) is 11.0 Å². The van der Waals surface area contributed by atoms with E-state index in [2.05, 4.69) is 16.4 Å². The van der Waals surface area contributed by atoms with Gasteiger partial charge >= 0.3 is 0 Å². The molecule has 0 aromatic carbocycles. The van der Waals surface area contributed by atoms with Crippen molar-refractivity contribution in [3.8, 4) is 6.07 Å². The molecule has 74 valence electrons. The molecule has 2 unspecified atom stereocenters. The number of nitriles is 1. The Labute approximate surface area is 83.8 Å². The van der Waals surface area contributed by atoms with Gasteiger partial charge in [0.1, 0.15) is 11.9 Å². The summed E-state index contributed by atoms with van der Waals surface area (Å²) < 4.78 is 0. The molecule has 0 spiro atoms. The van der Waals surface area contributed by atoms with Crippen LogP contribution in [-0.4, -0.2) is 17.1 Å². The summed E-state index contributed by atoms with van der Waals surface area (Å²) in [6, 6.07) is 5.65. The molecule has 0 saturated heterocycles. The summed E-state index contributed by atoms with van der Waals surface area (Å²) in [5, 5.41) is 11.9. The lowest BCUT2D eigenvalue weighted by Gasteiger charge is -2.18. The third kappa shape index (κ3) is 2.44. The van der Waals surface area contributed by atoms with Crippen LogP contribution in [0.25, 0.3) is 0 Å². The molecule has 14 heavy (non-hydrogen) atoms. The molecule has 0 aliphatic carbocycles. The lowest BCUT2D eigenvalue weighted by Crippen LogP contribution is -2.35. The Hall–Kier alpha value is -1.60. The zero-order valence-electron chi connectivity index (χ0n) is 8.36. The molecule has 1 aromatic rings. The first-order chi connectivity index (χ1) is 6.65. The number of rotatable bonds is 3. The van der Waals surface area contributed by atoms with E-state index < -0.39 is 0 Å². The van der Waals surface area contributed by atoms with E-state index in [-0.39, 0.29) is 12.1 Å². The van der Waals surface area contributed by atoms with Crippen LogP contribution in [0.3, 0.4) is 0 Å². The van der Waals surface area contributed by atoms with Gasteiger partial charge in [0, 0.05) is 18.3 Å². The fourth-order valence-electron chi connectivity index (χ4n) is 0.958. The number of hydrogen-bond donors (Lipinski definition) is 2. The number of hydrogen-bond acceptors (Lipinski definition) is 4. The maximum atomic E-state index is 8.81. The molecule has 1 rings (SSSR count). The van der Waals surface area contributed by atoms with Crippen molar-refractivity contribution in [3.05, 3.63) is 23.9 Å². The van der Waals surface area contributed by atoms with Gasteiger partial charge in [-0.3, -0.25) is 0 Å². The molecule has 0 aliphatic rings. The first kappa shape index (κ1) is 10.5. The van der Waals surface area contributed by atoms with Crippen LogP contribution in [0.1, 0.15) is 19.4 Å². The van der Waals surface area contributed by atoms with Crippen molar-refractivity contribution in [2.24, 2.45) is 5.73 Å². The number of pyridine rings is 1. The van der Waals surface area contributed by atoms with Crippen molar-refractivity contribution in [3.63, 3.8) is 0 Å². The summed E-state index contributed by atoms with van der Waals surface area (Å²) in [4.78, 5) is 4.08. The van der Waals surface area contributed by atoms with Crippen molar-refractivity contribution in [2.45, 2.75) is 25.9 Å². The van der Waals surface area contributed by atoms with Crippen LogP contribution in [0.15, 0.2) is 18.3 Å². The molecule has 4 nitrogen and oxygen atoms in total. The number of nitrogens with one attached hydrogen (secondary N) is 1. The van der Waals surface area contributed by atoms with E-state index in [9.17, 15) is 0 Å². The van der Waals surface area contributed by atoms with Crippen molar-refractivity contribution in [2.75, 3.05) is 5.32 Å². The summed E-state index contributed by atoms with van der Waals surface area (Å²) in [6.45, 7) is 3.87. The molecule has 0 aliphatic heterocycles. The Morgan fingerprint density at radius 2 is 2.29 bits per heavy atom. The average Bonchev–Trinajstić information content (AvgIpc) is 2.18. The van der Waals surface area contributed by atoms with E-state index >= 15 is 0 Å². The molecule has 0 bridgehead atoms. The van der Waals surface area contributed by atoms with Gasteiger partial charge in [0.25, 0.3) is 0 Å². The Bertz CT molecular complexity index is 340. The molecular weight excluding hydrogens is 176 g/mol. The lowest BCUT2D eigenvalue weighted by atomic mass is 10.2. The average molecular weight is 190 g/mol. The van der Waals surface area contributed by atoms with E-state index in [0.717, 1.165) is 0 Å². The molecule has 4 heteroatoms. The Balaban J connectivity index is 2.82. The molecule has 0 radical (unpaired) electrons. The van der Waals surface area contributed by atoms with Gasteiger partial charge in [0.05, 0.1) is 5.56 Å². The third-order valence-electron chi connectivity index (χ3n) is 2.08. The van der Waals surface area contributed by atoms with Crippen molar-refractivity contribution >= 4 is 5.82 Å². The zero-order valence-corrected chi connectivity index (χ0v) is 8.36. The quantitative estimate of drug-likeness (QED) is 0.748. The molecular formula is C10H14N4. The summed E-state index contributed by atoms with van der Waals surface area (Å²) in [5.74, 6) is 0.597. The molecule has 0 saturated carbocycles. The predicted octanol–water partition coefficient (Wildman–Crippen LogP) is 1.10. The van der Waals surface area contributed by atoms with Gasteiger partial charge in [-0.2, -0.15) is 5.26 Å². The Morgan fingerprint density at radius 3 is 2.86 bits per heavy atom. The molecule has 0 amide bonds. The van der Waals surface area contributed by atoms with Gasteiger partial charge in [0.15, 0.2) is 0 Å². The SMILES string of the molecule is CC(N)C(C)Nc1ncccc1C#N. The summed E-state index contributed by atoms with van der Waals surface area (Å²) in [7, 11) is 0. The summed E-state index contributed by atoms with van der Waals surface area (Å²) >= 11 is 0. The number of nitrogens with two attached hydrogens (primary N) is 1. The largest absolute Gasteiger partial charge is 0.365 e. The minimum Gasteiger partial charge on any atom is -0.365 e. The van der Waals surface area contributed by atoms with Gasteiger partial charge in [-0.1, -0.05) is 0 Å². The molecule has 1 heterocycles. The van der Waals surface area contributed by atoms with E-state index in [0.29, 0.717) is 11.4 Å². The zero-order chi connectivity index (χ0) is 10.6. The Kier molecular flexibility index (Phi) is 3.43. The van der Waals surface area contributed by atoms with Crippen LogP contribution < -0.4 is 11.1 Å². The number of aromatic nitrogens is 1. The van der Waals surface area contributed by atoms with E-state index in [1.807, 2.05) is 13.8 Å². The second kappa shape index (κ2) is 4.58. The van der Waals surface area contributed by atoms with Gasteiger partial charge < -0.3 is 11.1 Å². The number of anilines is 1. The third-order valence-corrected chi connectivity index (χ3v) is 2.08. The first-order valence-corrected chi connectivity index (χ1v) is 4.52. The summed E-state index contributed by atoms with van der Waals surface area (Å²) in [5.41, 5.74) is 6.24. The monoisotopic (exact) mass is 190 g/mol. The molecule has 1 aromatic heterocycles. The van der Waals surface area contributed by atoms with Crippen LogP contribution >= 0.6 is 0 Å². The fraction of sp³-hybridized carbons (Fsp3) is 0.400.